The van der Waals surface area contributed by atoms with E-state index in [2.05, 4.69) is 29.8 Å². The van der Waals surface area contributed by atoms with Crippen molar-refractivity contribution in [2.75, 3.05) is 11.9 Å². The van der Waals surface area contributed by atoms with Gasteiger partial charge in [-0.05, 0) is 26.2 Å². The monoisotopic (exact) mass is 290 g/mol. The van der Waals surface area contributed by atoms with Gasteiger partial charge in [0.15, 0.2) is 0 Å². The molecular formula is C14H27BrO. The van der Waals surface area contributed by atoms with E-state index < -0.39 is 0 Å². The van der Waals surface area contributed by atoms with Crippen LogP contribution in [0.2, 0.25) is 0 Å². The fraction of sp³-hybridized carbons (Fsp3) is 1.00. The van der Waals surface area contributed by atoms with Crippen molar-refractivity contribution >= 4 is 15.9 Å². The van der Waals surface area contributed by atoms with Gasteiger partial charge in [-0.15, -0.1) is 0 Å². The molecule has 1 saturated carbocycles. The fourth-order valence-corrected chi connectivity index (χ4v) is 2.98. The van der Waals surface area contributed by atoms with Gasteiger partial charge in [-0.3, -0.25) is 0 Å². The van der Waals surface area contributed by atoms with Gasteiger partial charge in [0.05, 0.1) is 12.7 Å². The molecule has 1 fully saturated rings. The van der Waals surface area contributed by atoms with Gasteiger partial charge in [0.25, 0.3) is 0 Å². The first kappa shape index (κ1) is 14.5. The van der Waals surface area contributed by atoms with Crippen LogP contribution in [0.3, 0.4) is 0 Å². The number of ether oxygens (including phenoxy) is 1. The van der Waals surface area contributed by atoms with Crippen molar-refractivity contribution in [2.45, 2.75) is 71.3 Å². The summed E-state index contributed by atoms with van der Waals surface area (Å²) in [6.45, 7) is 5.45. The van der Waals surface area contributed by atoms with E-state index in [1.54, 1.807) is 0 Å². The quantitative estimate of drug-likeness (QED) is 0.432. The van der Waals surface area contributed by atoms with Crippen molar-refractivity contribution in [3.05, 3.63) is 0 Å². The van der Waals surface area contributed by atoms with Gasteiger partial charge < -0.3 is 4.74 Å². The number of alkyl halides is 1. The van der Waals surface area contributed by atoms with Gasteiger partial charge in [0.1, 0.15) is 0 Å². The molecule has 1 unspecified atom stereocenters. The number of rotatable bonds is 9. The van der Waals surface area contributed by atoms with Crippen LogP contribution in [0.15, 0.2) is 0 Å². The molecule has 1 rings (SSSR count). The minimum atomic E-state index is 0.452. The van der Waals surface area contributed by atoms with E-state index >= 15 is 0 Å². The summed E-state index contributed by atoms with van der Waals surface area (Å²) in [6, 6.07) is 0. The molecular weight excluding hydrogens is 264 g/mol. The minimum absolute atomic E-state index is 0.452. The molecule has 0 saturated heterocycles. The molecule has 0 spiro atoms. The Labute approximate surface area is 109 Å². The first-order valence-corrected chi connectivity index (χ1v) is 8.02. The van der Waals surface area contributed by atoms with Crippen molar-refractivity contribution in [3.63, 3.8) is 0 Å². The van der Waals surface area contributed by atoms with Crippen LogP contribution < -0.4 is 0 Å². The largest absolute Gasteiger partial charge is 0.378 e. The van der Waals surface area contributed by atoms with E-state index in [4.69, 9.17) is 4.74 Å². The van der Waals surface area contributed by atoms with Crippen molar-refractivity contribution in [1.29, 1.82) is 0 Å². The molecule has 0 N–H and O–H groups in total. The number of halogens is 1. The van der Waals surface area contributed by atoms with Gasteiger partial charge in [-0.25, -0.2) is 0 Å². The molecule has 1 nitrogen and oxygen atoms in total. The van der Waals surface area contributed by atoms with Crippen LogP contribution in [0.4, 0.5) is 0 Å². The standard InChI is InChI=1S/C14H27BrO/c1-3-4-5-6-8-13(2)16-12-14(11-15)9-7-10-14/h13H,3-12H2,1-2H3. The van der Waals surface area contributed by atoms with Gasteiger partial charge >= 0.3 is 0 Å². The number of hydrogen-bond donors (Lipinski definition) is 0. The third-order valence-electron chi connectivity index (χ3n) is 3.84. The predicted molar refractivity (Wildman–Crippen MR) is 74.3 cm³/mol. The van der Waals surface area contributed by atoms with E-state index in [-0.39, 0.29) is 0 Å². The van der Waals surface area contributed by atoms with Crippen molar-refractivity contribution in [2.24, 2.45) is 5.41 Å². The first-order valence-electron chi connectivity index (χ1n) is 6.90. The third kappa shape index (κ3) is 4.75. The van der Waals surface area contributed by atoms with Crippen LogP contribution in [0.1, 0.15) is 65.2 Å². The third-order valence-corrected chi connectivity index (χ3v) is 5.03. The summed E-state index contributed by atoms with van der Waals surface area (Å²) in [7, 11) is 0. The summed E-state index contributed by atoms with van der Waals surface area (Å²) >= 11 is 3.63. The molecule has 1 atom stereocenters. The van der Waals surface area contributed by atoms with Crippen molar-refractivity contribution < 1.29 is 4.74 Å². The second-order valence-electron chi connectivity index (χ2n) is 5.46. The Bertz CT molecular complexity index is 172. The van der Waals surface area contributed by atoms with Gasteiger partial charge in [0, 0.05) is 10.7 Å². The molecule has 1 aliphatic carbocycles. The summed E-state index contributed by atoms with van der Waals surface area (Å²) in [6.07, 6.45) is 11.2. The van der Waals surface area contributed by atoms with Gasteiger partial charge in [-0.2, -0.15) is 0 Å². The highest BCUT2D eigenvalue weighted by molar-refractivity contribution is 9.09. The zero-order valence-electron chi connectivity index (χ0n) is 10.9. The normalized spacial score (nSPS) is 20.4. The highest BCUT2D eigenvalue weighted by Gasteiger charge is 2.36. The predicted octanol–water partition coefficient (Wildman–Crippen LogP) is 4.93. The molecule has 1 aliphatic rings. The molecule has 0 aromatic carbocycles. The van der Waals surface area contributed by atoms with Gasteiger partial charge in [-0.1, -0.05) is 55.0 Å². The van der Waals surface area contributed by atoms with E-state index in [0.29, 0.717) is 11.5 Å². The highest BCUT2D eigenvalue weighted by atomic mass is 79.9. The maximum absolute atomic E-state index is 5.99. The molecule has 0 aliphatic heterocycles. The molecule has 0 aromatic rings. The number of hydrogen-bond acceptors (Lipinski definition) is 1. The average Bonchev–Trinajstić information content (AvgIpc) is 2.24. The van der Waals surface area contributed by atoms with Crippen LogP contribution >= 0.6 is 15.9 Å². The molecule has 0 amide bonds. The van der Waals surface area contributed by atoms with Crippen LogP contribution in [-0.4, -0.2) is 18.0 Å². The fourth-order valence-electron chi connectivity index (χ4n) is 2.25. The summed E-state index contributed by atoms with van der Waals surface area (Å²) in [4.78, 5) is 0. The van der Waals surface area contributed by atoms with E-state index in [9.17, 15) is 0 Å². The van der Waals surface area contributed by atoms with E-state index in [1.807, 2.05) is 0 Å². The summed E-state index contributed by atoms with van der Waals surface area (Å²) in [5, 5.41) is 1.11. The smallest absolute Gasteiger partial charge is 0.0547 e. The van der Waals surface area contributed by atoms with E-state index in [0.717, 1.165) is 11.9 Å². The lowest BCUT2D eigenvalue weighted by molar-refractivity contribution is -0.0285. The summed E-state index contributed by atoms with van der Waals surface area (Å²) in [5.74, 6) is 0. The Morgan fingerprint density at radius 1 is 1.25 bits per heavy atom. The Morgan fingerprint density at radius 2 is 2.00 bits per heavy atom. The maximum Gasteiger partial charge on any atom is 0.0547 e. The first-order chi connectivity index (χ1) is 7.72. The molecule has 0 aromatic heterocycles. The van der Waals surface area contributed by atoms with E-state index in [1.165, 1.54) is 51.4 Å². The molecule has 0 heterocycles. The Hall–Kier alpha value is 0.440. The van der Waals surface area contributed by atoms with Crippen LogP contribution in [0.25, 0.3) is 0 Å². The molecule has 96 valence electrons. The lowest BCUT2D eigenvalue weighted by Crippen LogP contribution is -2.37. The van der Waals surface area contributed by atoms with Crippen LogP contribution in [0.5, 0.6) is 0 Å². The Balaban J connectivity index is 2.03. The maximum atomic E-state index is 5.99. The van der Waals surface area contributed by atoms with Crippen molar-refractivity contribution in [1.82, 2.24) is 0 Å². The van der Waals surface area contributed by atoms with Gasteiger partial charge in [0.2, 0.25) is 0 Å². The Morgan fingerprint density at radius 3 is 2.50 bits per heavy atom. The molecule has 16 heavy (non-hydrogen) atoms. The Kier molecular flexibility index (Phi) is 6.98. The van der Waals surface area contributed by atoms with Crippen LogP contribution in [0, 0.1) is 5.41 Å². The van der Waals surface area contributed by atoms with Crippen LogP contribution in [-0.2, 0) is 4.74 Å². The summed E-state index contributed by atoms with van der Waals surface area (Å²) in [5.41, 5.74) is 0.484. The van der Waals surface area contributed by atoms with Crippen molar-refractivity contribution in [3.8, 4) is 0 Å². The topological polar surface area (TPSA) is 9.23 Å². The lowest BCUT2D eigenvalue weighted by atomic mass is 9.71. The number of unbranched alkanes of at least 4 members (excludes halogenated alkanes) is 3. The lowest BCUT2D eigenvalue weighted by Gasteiger charge is -2.40. The molecule has 0 radical (unpaired) electrons. The highest BCUT2D eigenvalue weighted by Crippen LogP contribution is 2.42. The average molecular weight is 291 g/mol. The summed E-state index contributed by atoms with van der Waals surface area (Å²) < 4.78 is 5.99. The second-order valence-corrected chi connectivity index (χ2v) is 6.02. The zero-order valence-corrected chi connectivity index (χ0v) is 12.5. The molecule has 0 bridgehead atoms. The SMILES string of the molecule is CCCCCCC(C)OCC1(CBr)CCC1. The second kappa shape index (κ2) is 7.71. The minimum Gasteiger partial charge on any atom is -0.378 e. The molecule has 2 heteroatoms. The zero-order chi connectivity index (χ0) is 11.9.